The Balaban J connectivity index is 1.18. The maximum atomic E-state index is 14.5. The second-order valence-corrected chi connectivity index (χ2v) is 10.1. The molecule has 1 aliphatic heterocycles. The number of nitrogens with one attached hydrogen (secondary N) is 1. The van der Waals surface area contributed by atoms with E-state index in [1.807, 2.05) is 6.07 Å². The number of thioether (sulfide) groups is 1. The van der Waals surface area contributed by atoms with Crippen LogP contribution in [0.15, 0.2) is 40.2 Å². The Kier molecular flexibility index (Phi) is 6.55. The molecule has 0 saturated heterocycles. The van der Waals surface area contributed by atoms with Gasteiger partial charge in [0.25, 0.3) is 5.56 Å². The molecule has 3 aromatic heterocycles. The Labute approximate surface area is 205 Å². The highest BCUT2D eigenvalue weighted by Crippen LogP contribution is 2.34. The maximum absolute atomic E-state index is 14.5. The molecule has 0 radical (unpaired) electrons. The number of carbonyl (C=O) groups is 2. The summed E-state index contributed by atoms with van der Waals surface area (Å²) in [4.78, 5) is 45.7. The normalized spacial score (nSPS) is 19.8. The summed E-state index contributed by atoms with van der Waals surface area (Å²) in [6, 6.07) is 6.53. The molecular weight excluding hydrogens is 471 g/mol. The first kappa shape index (κ1) is 23.5. The minimum Gasteiger partial charge on any atom is -0.488 e. The van der Waals surface area contributed by atoms with E-state index >= 15 is 0 Å². The third-order valence-corrected chi connectivity index (χ3v) is 7.75. The van der Waals surface area contributed by atoms with Gasteiger partial charge >= 0.3 is 0 Å². The molecule has 1 aliphatic carbocycles. The number of halogens is 1. The Morgan fingerprint density at radius 3 is 2.74 bits per heavy atom. The van der Waals surface area contributed by atoms with Gasteiger partial charge in [0, 0.05) is 19.5 Å². The summed E-state index contributed by atoms with van der Waals surface area (Å²) < 4.78 is 21.7. The van der Waals surface area contributed by atoms with Gasteiger partial charge in [0.1, 0.15) is 17.0 Å². The topological polar surface area (TPSA) is 103 Å². The first-order valence-electron chi connectivity index (χ1n) is 11.6. The summed E-state index contributed by atoms with van der Waals surface area (Å²) >= 11 is 1.42. The molecule has 4 heterocycles. The molecular formula is C25H25FN4O4S. The van der Waals surface area contributed by atoms with Gasteiger partial charge in [0.15, 0.2) is 17.3 Å². The lowest BCUT2D eigenvalue weighted by molar-refractivity contribution is -0.113. The molecule has 8 nitrogen and oxygen atoms in total. The van der Waals surface area contributed by atoms with Gasteiger partial charge in [-0.2, -0.15) is 0 Å². The fourth-order valence-corrected chi connectivity index (χ4v) is 5.48. The quantitative estimate of drug-likeness (QED) is 0.515. The molecule has 10 heteroatoms. The minimum absolute atomic E-state index is 0.0245. The van der Waals surface area contributed by atoms with Crippen molar-refractivity contribution in [1.82, 2.24) is 14.5 Å². The van der Waals surface area contributed by atoms with Gasteiger partial charge in [0.05, 0.1) is 29.0 Å². The molecule has 0 spiro atoms. The van der Waals surface area contributed by atoms with Crippen molar-refractivity contribution in [2.24, 2.45) is 18.9 Å². The number of hydrogen-bond acceptors (Lipinski definition) is 7. The molecule has 2 aliphatic rings. The number of anilines is 1. The highest BCUT2D eigenvalue weighted by atomic mass is 32.2. The van der Waals surface area contributed by atoms with E-state index in [2.05, 4.69) is 15.3 Å². The molecule has 1 amide bonds. The van der Waals surface area contributed by atoms with Crippen molar-refractivity contribution >= 4 is 40.3 Å². The molecule has 182 valence electrons. The highest BCUT2D eigenvalue weighted by Gasteiger charge is 2.26. The van der Waals surface area contributed by atoms with E-state index < -0.39 is 5.82 Å². The Bertz CT molecular complexity index is 1370. The molecule has 1 N–H and O–H groups in total. The lowest BCUT2D eigenvalue weighted by Gasteiger charge is -2.28. The van der Waals surface area contributed by atoms with Gasteiger partial charge in [-0.1, -0.05) is 0 Å². The van der Waals surface area contributed by atoms with E-state index in [4.69, 9.17) is 4.74 Å². The van der Waals surface area contributed by atoms with Crippen molar-refractivity contribution in [3.05, 3.63) is 52.3 Å². The number of pyridine rings is 3. The van der Waals surface area contributed by atoms with Gasteiger partial charge in [-0.15, -0.1) is 11.8 Å². The summed E-state index contributed by atoms with van der Waals surface area (Å²) in [5.74, 6) is 0.633. The Morgan fingerprint density at radius 1 is 1.17 bits per heavy atom. The predicted molar refractivity (Wildman–Crippen MR) is 130 cm³/mol. The smallest absolute Gasteiger partial charge is 0.250 e. The summed E-state index contributed by atoms with van der Waals surface area (Å²) in [5, 5.41) is 2.73. The van der Waals surface area contributed by atoms with E-state index in [0.717, 1.165) is 36.8 Å². The van der Waals surface area contributed by atoms with E-state index in [0.29, 0.717) is 41.3 Å². The van der Waals surface area contributed by atoms with Crippen molar-refractivity contribution in [2.45, 2.75) is 37.0 Å². The zero-order valence-corrected chi connectivity index (χ0v) is 20.1. The van der Waals surface area contributed by atoms with E-state index in [1.165, 1.54) is 22.4 Å². The number of Topliss-reactive ketones (excluding diaryl/α,β-unsaturated/α-hetero) is 1. The van der Waals surface area contributed by atoms with E-state index in [9.17, 15) is 18.8 Å². The fourth-order valence-electron chi connectivity index (χ4n) is 4.72. The van der Waals surface area contributed by atoms with E-state index in [1.54, 1.807) is 19.2 Å². The Hall–Kier alpha value is -3.27. The zero-order valence-electron chi connectivity index (χ0n) is 19.3. The van der Waals surface area contributed by atoms with Crippen LogP contribution in [0, 0.1) is 17.7 Å². The number of rotatable bonds is 6. The standard InChI is InChI=1S/C25H25FN4O4S/c1-30-22(33)9-7-18-23(30)24(16(26)11-27-18)34-12-15-4-2-14(3-5-15)10-19(31)17-6-8-20-25(28-17)29-21(32)13-35-20/h6-9,11,14-15H,2-5,10,12-13H2,1H3,(H,28,29,32). The fraction of sp³-hybridized carbons (Fsp3) is 0.400. The number of hydrogen-bond donors (Lipinski definition) is 1. The van der Waals surface area contributed by atoms with E-state index in [-0.39, 0.29) is 34.8 Å². The van der Waals surface area contributed by atoms with Crippen LogP contribution >= 0.6 is 11.8 Å². The third kappa shape index (κ3) is 4.93. The summed E-state index contributed by atoms with van der Waals surface area (Å²) in [7, 11) is 1.57. The lowest BCUT2D eigenvalue weighted by Crippen LogP contribution is -2.23. The van der Waals surface area contributed by atoms with Gasteiger partial charge in [-0.05, 0) is 55.7 Å². The highest BCUT2D eigenvalue weighted by molar-refractivity contribution is 8.00. The number of ether oxygens (including phenoxy) is 1. The van der Waals surface area contributed by atoms with Gasteiger partial charge in [0.2, 0.25) is 5.91 Å². The van der Waals surface area contributed by atoms with Crippen LogP contribution in [-0.2, 0) is 11.8 Å². The van der Waals surface area contributed by atoms with Gasteiger partial charge in [-0.3, -0.25) is 19.4 Å². The van der Waals surface area contributed by atoms with Crippen LogP contribution in [0.3, 0.4) is 0 Å². The first-order chi connectivity index (χ1) is 16.9. The van der Waals surface area contributed by atoms with Crippen LogP contribution in [-0.4, -0.2) is 38.6 Å². The molecule has 0 bridgehead atoms. The van der Waals surface area contributed by atoms with Crippen molar-refractivity contribution in [3.63, 3.8) is 0 Å². The number of carbonyl (C=O) groups excluding carboxylic acids is 2. The molecule has 0 unspecified atom stereocenters. The second-order valence-electron chi connectivity index (χ2n) is 9.10. The molecule has 5 rings (SSSR count). The molecule has 35 heavy (non-hydrogen) atoms. The van der Waals surface area contributed by atoms with Crippen LogP contribution in [0.25, 0.3) is 11.0 Å². The average Bonchev–Trinajstić information content (AvgIpc) is 2.86. The SMILES string of the molecule is Cn1c(=O)ccc2ncc(F)c(OCC3CCC(CC(=O)c4ccc5c(n4)NC(=O)CS5)CC3)c21. The molecule has 1 saturated carbocycles. The monoisotopic (exact) mass is 496 g/mol. The van der Waals surface area contributed by atoms with Crippen LogP contribution in [0.5, 0.6) is 5.75 Å². The van der Waals surface area contributed by atoms with Crippen molar-refractivity contribution in [1.29, 1.82) is 0 Å². The van der Waals surface area contributed by atoms with Gasteiger partial charge < -0.3 is 14.6 Å². The second kappa shape index (κ2) is 9.77. The van der Waals surface area contributed by atoms with Crippen LogP contribution in [0.4, 0.5) is 10.2 Å². The predicted octanol–water partition coefficient (Wildman–Crippen LogP) is 3.97. The lowest BCUT2D eigenvalue weighted by atomic mass is 9.80. The van der Waals surface area contributed by atoms with Crippen molar-refractivity contribution < 1.29 is 18.7 Å². The minimum atomic E-state index is -0.592. The number of aromatic nitrogens is 3. The third-order valence-electron chi connectivity index (χ3n) is 6.71. The van der Waals surface area contributed by atoms with Gasteiger partial charge in [-0.25, -0.2) is 9.37 Å². The molecule has 1 fully saturated rings. The molecule has 3 aromatic rings. The largest absolute Gasteiger partial charge is 0.488 e. The number of aryl methyl sites for hydroxylation is 1. The number of nitrogens with zero attached hydrogens (tertiary/aromatic N) is 3. The summed E-state index contributed by atoms with van der Waals surface area (Å²) in [6.45, 7) is 0.337. The number of amides is 1. The number of ketones is 1. The van der Waals surface area contributed by atoms with Crippen LogP contribution in [0.2, 0.25) is 0 Å². The maximum Gasteiger partial charge on any atom is 0.250 e. The van der Waals surface area contributed by atoms with Crippen molar-refractivity contribution in [2.75, 3.05) is 17.7 Å². The zero-order chi connectivity index (χ0) is 24.5. The Morgan fingerprint density at radius 2 is 1.94 bits per heavy atom. The summed E-state index contributed by atoms with van der Waals surface area (Å²) in [5.41, 5.74) is 0.973. The molecule has 0 aromatic carbocycles. The summed E-state index contributed by atoms with van der Waals surface area (Å²) in [6.07, 6.45) is 5.00. The molecule has 0 atom stereocenters. The average molecular weight is 497 g/mol. The van der Waals surface area contributed by atoms with Crippen molar-refractivity contribution in [3.8, 4) is 5.75 Å². The van der Waals surface area contributed by atoms with Crippen LogP contribution < -0.4 is 15.6 Å². The number of fused-ring (bicyclic) bond motifs is 2. The van der Waals surface area contributed by atoms with Crippen LogP contribution in [0.1, 0.15) is 42.6 Å². The first-order valence-corrected chi connectivity index (χ1v) is 12.6.